The summed E-state index contributed by atoms with van der Waals surface area (Å²) in [6.45, 7) is 9.50. The Morgan fingerprint density at radius 3 is 2.15 bits per heavy atom. The van der Waals surface area contributed by atoms with Crippen LogP contribution in [-0.2, 0) is 70.2 Å². The molecule has 0 radical (unpaired) electrons. The lowest BCUT2D eigenvalue weighted by Crippen LogP contribution is -2.60. The number of piperazine rings is 1. The van der Waals surface area contributed by atoms with Crippen LogP contribution in [0.3, 0.4) is 0 Å². The number of esters is 2. The molecule has 0 saturated carbocycles. The second kappa shape index (κ2) is 33.6. The molecule has 6 amide bonds. The molecule has 2 bridgehead atoms. The number of nitrogens with one attached hydrogen (secondary N) is 2. The summed E-state index contributed by atoms with van der Waals surface area (Å²) < 4.78 is 35.2. The van der Waals surface area contributed by atoms with Crippen molar-refractivity contribution in [2.45, 2.75) is 135 Å². The first-order valence-electron chi connectivity index (χ1n) is 31.2. The molecule has 4 aromatic carbocycles. The molecule has 22 heteroatoms. The summed E-state index contributed by atoms with van der Waals surface area (Å²) in [6, 6.07) is 20.8. The molecule has 2 aliphatic rings. The number of aryl methyl sites for hydroxylation is 1. The number of allylic oxidation sites excluding steroid dienone is 1. The highest BCUT2D eigenvalue weighted by molar-refractivity contribution is 6.38. The smallest absolute Gasteiger partial charge is 0.330 e. The molecule has 0 aromatic heterocycles. The fraction of sp³-hybridized carbons (Fsp3) is 0.522. The van der Waals surface area contributed by atoms with Gasteiger partial charge in [-0.15, -0.1) is 0 Å². The third kappa shape index (κ3) is 20.8. The minimum absolute atomic E-state index is 0.00564. The van der Waals surface area contributed by atoms with Crippen LogP contribution in [0, 0.1) is 5.41 Å². The summed E-state index contributed by atoms with van der Waals surface area (Å²) >= 11 is 0. The number of amides is 6. The topological polar surface area (TPSA) is 249 Å². The number of methoxy groups -OCH3 is 2. The van der Waals surface area contributed by atoms with Gasteiger partial charge in [-0.25, -0.2) is 9.59 Å². The van der Waals surface area contributed by atoms with Gasteiger partial charge in [0.15, 0.2) is 18.1 Å². The summed E-state index contributed by atoms with van der Waals surface area (Å²) in [5.74, 6) is -4.90. The van der Waals surface area contributed by atoms with Crippen molar-refractivity contribution in [2.75, 3.05) is 95.0 Å². The lowest BCUT2D eigenvalue weighted by Gasteiger charge is -2.39. The first-order valence-corrected chi connectivity index (χ1v) is 31.2. The van der Waals surface area contributed by atoms with Crippen LogP contribution in [0.5, 0.6) is 17.2 Å². The Bertz CT molecular complexity index is 3230. The molecule has 2 aliphatic heterocycles. The van der Waals surface area contributed by atoms with Gasteiger partial charge in [0.05, 0.1) is 38.4 Å². The van der Waals surface area contributed by atoms with Crippen molar-refractivity contribution in [1.29, 1.82) is 0 Å². The van der Waals surface area contributed by atoms with E-state index < -0.39 is 114 Å². The molecular formula is C69H93N7O15. The quantitative estimate of drug-likeness (QED) is 0.114. The van der Waals surface area contributed by atoms with Crippen molar-refractivity contribution in [2.24, 2.45) is 5.41 Å². The van der Waals surface area contributed by atoms with E-state index in [9.17, 15) is 38.4 Å². The average Bonchev–Trinajstić information content (AvgIpc) is 1.23. The van der Waals surface area contributed by atoms with Crippen LogP contribution >= 0.6 is 0 Å². The minimum atomic E-state index is -1.48. The number of rotatable bonds is 12. The molecule has 1 fully saturated rings. The number of carbonyl (C=O) groups excluding carboxylic acids is 9. The van der Waals surface area contributed by atoms with Crippen molar-refractivity contribution >= 4 is 63.9 Å². The summed E-state index contributed by atoms with van der Waals surface area (Å²) in [7, 11) is 9.40. The predicted octanol–water partition coefficient (Wildman–Crippen LogP) is 6.44. The van der Waals surface area contributed by atoms with E-state index in [1.165, 1.54) is 67.8 Å². The average molecular weight is 1260 g/mol. The van der Waals surface area contributed by atoms with E-state index in [2.05, 4.69) is 10.6 Å². The number of nitrogens with zero attached hydrogens (tertiary/aromatic N) is 5. The van der Waals surface area contributed by atoms with E-state index in [-0.39, 0.29) is 44.7 Å². The number of fused-ring (bicyclic) bond motifs is 4. The van der Waals surface area contributed by atoms with Crippen LogP contribution in [0.4, 0.5) is 0 Å². The molecule has 91 heavy (non-hydrogen) atoms. The highest BCUT2D eigenvalue weighted by atomic mass is 16.5. The molecule has 4 aromatic rings. The Kier molecular flexibility index (Phi) is 26.5. The van der Waals surface area contributed by atoms with Crippen LogP contribution in [0.25, 0.3) is 10.8 Å². The highest BCUT2D eigenvalue weighted by Crippen LogP contribution is 2.33. The van der Waals surface area contributed by atoms with Gasteiger partial charge in [0.1, 0.15) is 42.6 Å². The molecule has 0 spiro atoms. The van der Waals surface area contributed by atoms with Gasteiger partial charge < -0.3 is 63.6 Å². The molecule has 6 rings (SSSR count). The second-order valence-corrected chi connectivity index (χ2v) is 25.0. The highest BCUT2D eigenvalue weighted by Gasteiger charge is 2.44. The van der Waals surface area contributed by atoms with Gasteiger partial charge in [-0.3, -0.25) is 33.6 Å². The van der Waals surface area contributed by atoms with E-state index in [1.54, 1.807) is 71.3 Å². The van der Waals surface area contributed by atoms with Crippen molar-refractivity contribution < 1.29 is 71.6 Å². The van der Waals surface area contributed by atoms with E-state index in [4.69, 9.17) is 28.4 Å². The van der Waals surface area contributed by atoms with Crippen molar-refractivity contribution in [1.82, 2.24) is 35.1 Å². The number of likely N-dealkylation sites (N-methyl/N-ethyl adjacent to an activating group) is 4. The molecule has 1 saturated heterocycles. The molecule has 494 valence electrons. The normalized spacial score (nSPS) is 21.8. The van der Waals surface area contributed by atoms with Crippen LogP contribution < -0.4 is 24.8 Å². The van der Waals surface area contributed by atoms with Crippen LogP contribution in [-0.4, -0.2) is 202 Å². The van der Waals surface area contributed by atoms with E-state index in [0.717, 1.165) is 16.3 Å². The second-order valence-electron chi connectivity index (χ2n) is 25.0. The maximum atomic E-state index is 15.1. The Morgan fingerprint density at radius 2 is 1.44 bits per heavy atom. The Labute approximate surface area is 535 Å². The number of hydrogen-bond acceptors (Lipinski definition) is 16. The number of carbonyl (C=O) groups is 9. The zero-order valence-corrected chi connectivity index (χ0v) is 55.0. The molecule has 2 heterocycles. The Balaban J connectivity index is 1.34. The van der Waals surface area contributed by atoms with Gasteiger partial charge >= 0.3 is 11.9 Å². The van der Waals surface area contributed by atoms with Crippen molar-refractivity contribution in [3.05, 3.63) is 114 Å². The van der Waals surface area contributed by atoms with E-state index in [0.29, 0.717) is 74.2 Å². The summed E-state index contributed by atoms with van der Waals surface area (Å²) in [5, 5.41) is 7.56. The third-order valence-corrected chi connectivity index (χ3v) is 16.4. The van der Waals surface area contributed by atoms with E-state index >= 15 is 4.79 Å². The maximum absolute atomic E-state index is 15.1. The summed E-state index contributed by atoms with van der Waals surface area (Å²) in [6.07, 6.45) is 5.48. The fourth-order valence-corrected chi connectivity index (χ4v) is 10.6. The largest absolute Gasteiger partial charge is 0.493 e. The summed E-state index contributed by atoms with van der Waals surface area (Å²) in [5.41, 5.74) is -0.192. The number of Topliss-reactive ketones (excluding diaryl/α,β-unsaturated/α-hetero) is 1. The third-order valence-electron chi connectivity index (χ3n) is 16.4. The number of cyclic esters (lactones) is 2. The molecular weight excluding hydrogens is 1170 g/mol. The molecule has 22 nitrogen and oxygen atoms in total. The zero-order valence-electron chi connectivity index (χ0n) is 55.0. The number of ether oxygens (including phenoxy) is 6. The van der Waals surface area contributed by atoms with Gasteiger partial charge in [0.25, 0.3) is 11.8 Å². The standard InChI is InChI=1S/C69H93N7O15/c1-13-14-26-53-64(82)71-52(38-47-28-31-48-22-18-19-23-49(48)37-47)65(83)75(10)55(43-90-68(2,3)4)63(81)70-41-59(77)73(8)34-20-16-15-17-27-61(79)89-45-69(5,6)62(80)66(84)76-36-35-72(7)42-54(76)67(85)91-56(32-29-46-30-33-57(86-11)58(39-46)87-12)50-24-21-25-51(40-50)88-44-60(78)74(53)9/h17-19,21-25,27-28,30-31,33,37,39-40,52-56H,13-16,20,26,29,32,34-36,38,41-45H2,1-12H3,(H,70,81)(H,71,82)/t52-,53-,54-,55-,56+/m0/s1. The molecule has 0 unspecified atom stereocenters. The fourth-order valence-electron chi connectivity index (χ4n) is 10.6. The maximum Gasteiger partial charge on any atom is 0.330 e. The number of unbranched alkanes of at least 4 members (excludes halogenated alkanes) is 1. The van der Waals surface area contributed by atoms with E-state index in [1.807, 2.05) is 66.4 Å². The molecule has 5 atom stereocenters. The minimum Gasteiger partial charge on any atom is -0.493 e. The number of hydrogen-bond donors (Lipinski definition) is 2. The lowest BCUT2D eigenvalue weighted by molar-refractivity contribution is -0.166. The van der Waals surface area contributed by atoms with Crippen LogP contribution in [0.2, 0.25) is 0 Å². The van der Waals surface area contributed by atoms with Gasteiger partial charge in [-0.05, 0) is 132 Å². The molecule has 2 N–H and O–H groups in total. The van der Waals surface area contributed by atoms with Gasteiger partial charge in [0, 0.05) is 59.8 Å². The zero-order chi connectivity index (χ0) is 66.6. The van der Waals surface area contributed by atoms with Gasteiger partial charge in [-0.2, -0.15) is 0 Å². The molecule has 0 aliphatic carbocycles. The predicted molar refractivity (Wildman–Crippen MR) is 343 cm³/mol. The SMILES string of the molecule is CCCC[C@H]1C(=O)N[C@@H](Cc2ccc3ccccc3c2)C(=O)N(C)[C@@H](COC(C)(C)C)C(=O)NCC(=O)N(C)CCCCC=CC(=O)OCC(C)(C)C(=O)C(=O)N2CCN(C)C[C@H]2C(=O)O[C@H](CCc2ccc(OC)c(OC)c2)c2cccc(c2)OCC(=O)N1C. The first kappa shape index (κ1) is 71.7. The van der Waals surface area contributed by atoms with Crippen LogP contribution in [0.1, 0.15) is 109 Å². The lowest BCUT2D eigenvalue weighted by atomic mass is 9.87. The number of ketones is 1. The monoisotopic (exact) mass is 1260 g/mol. The van der Waals surface area contributed by atoms with Crippen molar-refractivity contribution in [3.63, 3.8) is 0 Å². The van der Waals surface area contributed by atoms with Gasteiger partial charge in [-0.1, -0.05) is 86.5 Å². The first-order chi connectivity index (χ1) is 43.2. The Hall–Kier alpha value is -8.37. The Morgan fingerprint density at radius 1 is 0.714 bits per heavy atom. The number of benzene rings is 4. The van der Waals surface area contributed by atoms with Gasteiger partial charge in [0.2, 0.25) is 29.4 Å². The summed E-state index contributed by atoms with van der Waals surface area (Å²) in [4.78, 5) is 135. The van der Waals surface area contributed by atoms with Crippen molar-refractivity contribution in [3.8, 4) is 17.2 Å². The van der Waals surface area contributed by atoms with Crippen LogP contribution in [0.15, 0.2) is 97.1 Å².